The number of rotatable bonds is 9. The Morgan fingerprint density at radius 3 is 2.50 bits per heavy atom. The number of guanidine groups is 1. The first-order chi connectivity index (χ1) is 13.2. The summed E-state index contributed by atoms with van der Waals surface area (Å²) in [7, 11) is 3.27. The van der Waals surface area contributed by atoms with Gasteiger partial charge in [0, 0.05) is 30.7 Å². The molecule has 0 aliphatic carbocycles. The topological polar surface area (TPSA) is 67.4 Å². The van der Waals surface area contributed by atoms with Crippen LogP contribution < -0.4 is 20.1 Å². The lowest BCUT2D eigenvalue weighted by Gasteiger charge is -2.26. The van der Waals surface area contributed by atoms with Gasteiger partial charge in [-0.3, -0.25) is 4.90 Å². The third kappa shape index (κ3) is 8.30. The van der Waals surface area contributed by atoms with Crippen LogP contribution in [0.4, 0.5) is 0 Å². The van der Waals surface area contributed by atoms with Crippen molar-refractivity contribution >= 4 is 45.9 Å². The quantitative estimate of drug-likeness (QED) is 0.206. The van der Waals surface area contributed by atoms with Gasteiger partial charge in [0.15, 0.2) is 17.5 Å². The minimum Gasteiger partial charge on any atom is -0.493 e. The Hall–Kier alpha value is -0.780. The number of hydrogen-bond acceptors (Lipinski definition) is 5. The van der Waals surface area contributed by atoms with Crippen molar-refractivity contribution in [2.75, 3.05) is 60.2 Å². The predicted octanol–water partition coefficient (Wildman–Crippen LogP) is 2.86. The summed E-state index contributed by atoms with van der Waals surface area (Å²) in [5.41, 5.74) is 1.04. The summed E-state index contributed by atoms with van der Waals surface area (Å²) >= 11 is 3.59. The zero-order chi connectivity index (χ0) is 19.5. The molecule has 0 bridgehead atoms. The average molecular weight is 571 g/mol. The normalized spacial score (nSPS) is 14.9. The van der Waals surface area contributed by atoms with Crippen LogP contribution in [0.25, 0.3) is 0 Å². The maximum atomic E-state index is 5.38. The highest BCUT2D eigenvalue weighted by Crippen LogP contribution is 2.33. The molecule has 1 aliphatic rings. The van der Waals surface area contributed by atoms with E-state index in [1.165, 1.54) is 0 Å². The van der Waals surface area contributed by atoms with Crippen LogP contribution in [0.15, 0.2) is 21.6 Å². The Morgan fingerprint density at radius 1 is 1.18 bits per heavy atom. The van der Waals surface area contributed by atoms with Gasteiger partial charge in [-0.1, -0.05) is 15.9 Å². The lowest BCUT2D eigenvalue weighted by atomic mass is 10.2. The molecule has 1 aromatic rings. The molecule has 0 unspecified atom stereocenters. The Balaban J connectivity index is 0.00000392. The summed E-state index contributed by atoms with van der Waals surface area (Å²) in [5, 5.41) is 6.71. The SMILES string of the molecule is CCNC(=NCc1cc(OC)c(OC)cc1Br)NCCCN1CCOCC1.I. The van der Waals surface area contributed by atoms with Crippen molar-refractivity contribution in [1.82, 2.24) is 15.5 Å². The van der Waals surface area contributed by atoms with E-state index in [1.54, 1.807) is 14.2 Å². The molecule has 9 heteroatoms. The fourth-order valence-electron chi connectivity index (χ4n) is 2.86. The lowest BCUT2D eigenvalue weighted by molar-refractivity contribution is 0.0376. The summed E-state index contributed by atoms with van der Waals surface area (Å²) in [5.74, 6) is 2.22. The average Bonchev–Trinajstić information content (AvgIpc) is 2.70. The van der Waals surface area contributed by atoms with E-state index in [0.29, 0.717) is 18.0 Å². The van der Waals surface area contributed by atoms with Crippen LogP contribution in [0.5, 0.6) is 11.5 Å². The van der Waals surface area contributed by atoms with E-state index in [2.05, 4.69) is 38.4 Å². The van der Waals surface area contributed by atoms with E-state index in [1.807, 2.05) is 12.1 Å². The van der Waals surface area contributed by atoms with Gasteiger partial charge >= 0.3 is 0 Å². The van der Waals surface area contributed by atoms with Crippen LogP contribution in [0.1, 0.15) is 18.9 Å². The molecule has 0 aromatic heterocycles. The van der Waals surface area contributed by atoms with Crippen LogP contribution in [-0.2, 0) is 11.3 Å². The number of aliphatic imine (C=N–C) groups is 1. The number of benzene rings is 1. The zero-order valence-electron chi connectivity index (χ0n) is 16.9. The molecule has 0 spiro atoms. The number of morpholine rings is 1. The summed E-state index contributed by atoms with van der Waals surface area (Å²) in [4.78, 5) is 7.13. The first-order valence-electron chi connectivity index (χ1n) is 9.40. The van der Waals surface area contributed by atoms with Gasteiger partial charge in [-0.15, -0.1) is 24.0 Å². The van der Waals surface area contributed by atoms with Crippen molar-refractivity contribution in [2.24, 2.45) is 4.99 Å². The Labute approximate surface area is 193 Å². The summed E-state index contributed by atoms with van der Waals surface area (Å²) in [6, 6.07) is 3.86. The molecule has 0 radical (unpaired) electrons. The maximum absolute atomic E-state index is 5.38. The van der Waals surface area contributed by atoms with Crippen molar-refractivity contribution in [3.05, 3.63) is 22.2 Å². The molecule has 28 heavy (non-hydrogen) atoms. The van der Waals surface area contributed by atoms with Gasteiger partial charge in [-0.2, -0.15) is 0 Å². The van der Waals surface area contributed by atoms with Crippen molar-refractivity contribution in [3.63, 3.8) is 0 Å². The molecule has 2 rings (SSSR count). The smallest absolute Gasteiger partial charge is 0.191 e. The van der Waals surface area contributed by atoms with Crippen LogP contribution in [0, 0.1) is 0 Å². The molecule has 0 atom stereocenters. The van der Waals surface area contributed by atoms with Gasteiger partial charge in [-0.05, 0) is 37.6 Å². The van der Waals surface area contributed by atoms with Gasteiger partial charge in [0.05, 0.1) is 34.0 Å². The minimum atomic E-state index is 0. The number of nitrogens with one attached hydrogen (secondary N) is 2. The molecule has 1 aliphatic heterocycles. The second kappa shape index (κ2) is 14.2. The monoisotopic (exact) mass is 570 g/mol. The van der Waals surface area contributed by atoms with Crippen molar-refractivity contribution in [1.29, 1.82) is 0 Å². The molecule has 160 valence electrons. The maximum Gasteiger partial charge on any atom is 0.191 e. The molecular formula is C19H32BrIN4O3. The summed E-state index contributed by atoms with van der Waals surface area (Å²) in [6.45, 7) is 9.14. The summed E-state index contributed by atoms with van der Waals surface area (Å²) in [6.07, 6.45) is 1.07. The Morgan fingerprint density at radius 2 is 1.86 bits per heavy atom. The second-order valence-corrected chi connectivity index (χ2v) is 7.08. The van der Waals surface area contributed by atoms with Gasteiger partial charge in [0.2, 0.25) is 0 Å². The molecule has 1 heterocycles. The van der Waals surface area contributed by atoms with Crippen LogP contribution in [-0.4, -0.2) is 71.0 Å². The van der Waals surface area contributed by atoms with E-state index in [9.17, 15) is 0 Å². The highest BCUT2D eigenvalue weighted by atomic mass is 127. The van der Waals surface area contributed by atoms with Crippen LogP contribution in [0.3, 0.4) is 0 Å². The van der Waals surface area contributed by atoms with E-state index in [0.717, 1.165) is 68.4 Å². The second-order valence-electron chi connectivity index (χ2n) is 6.23. The third-order valence-electron chi connectivity index (χ3n) is 4.35. The molecule has 2 N–H and O–H groups in total. The Bertz CT molecular complexity index is 613. The van der Waals surface area contributed by atoms with Crippen molar-refractivity contribution < 1.29 is 14.2 Å². The summed E-state index contributed by atoms with van der Waals surface area (Å²) < 4.78 is 17.0. The van der Waals surface area contributed by atoms with E-state index < -0.39 is 0 Å². The van der Waals surface area contributed by atoms with Gasteiger partial charge in [0.1, 0.15) is 0 Å². The van der Waals surface area contributed by atoms with Gasteiger partial charge in [-0.25, -0.2) is 4.99 Å². The fourth-order valence-corrected chi connectivity index (χ4v) is 3.31. The number of hydrogen-bond donors (Lipinski definition) is 2. The first-order valence-corrected chi connectivity index (χ1v) is 10.2. The lowest BCUT2D eigenvalue weighted by Crippen LogP contribution is -2.40. The number of nitrogens with zero attached hydrogens (tertiary/aromatic N) is 2. The predicted molar refractivity (Wildman–Crippen MR) is 127 cm³/mol. The molecule has 1 saturated heterocycles. The van der Waals surface area contributed by atoms with E-state index in [-0.39, 0.29) is 24.0 Å². The fraction of sp³-hybridized carbons (Fsp3) is 0.632. The number of halogens is 2. The van der Waals surface area contributed by atoms with Crippen LogP contribution in [0.2, 0.25) is 0 Å². The van der Waals surface area contributed by atoms with E-state index in [4.69, 9.17) is 19.2 Å². The van der Waals surface area contributed by atoms with Crippen LogP contribution >= 0.6 is 39.9 Å². The first kappa shape index (κ1) is 25.3. The molecule has 1 fully saturated rings. The molecule has 0 saturated carbocycles. The highest BCUT2D eigenvalue weighted by molar-refractivity contribution is 14.0. The van der Waals surface area contributed by atoms with Gasteiger partial charge in [0.25, 0.3) is 0 Å². The largest absolute Gasteiger partial charge is 0.493 e. The molecule has 1 aromatic carbocycles. The standard InChI is InChI=1S/C19H31BrN4O3.HI/c1-4-21-19(22-6-5-7-24-8-10-27-11-9-24)23-14-15-12-17(25-2)18(26-3)13-16(15)20;/h12-13H,4-11,14H2,1-3H3,(H2,21,22,23);1H. The Kier molecular flexibility index (Phi) is 12.8. The number of methoxy groups -OCH3 is 2. The molecular weight excluding hydrogens is 539 g/mol. The number of ether oxygens (including phenoxy) is 3. The van der Waals surface area contributed by atoms with E-state index >= 15 is 0 Å². The van der Waals surface area contributed by atoms with Crippen molar-refractivity contribution in [2.45, 2.75) is 19.9 Å². The molecule has 0 amide bonds. The minimum absolute atomic E-state index is 0. The van der Waals surface area contributed by atoms with Crippen molar-refractivity contribution in [3.8, 4) is 11.5 Å². The molecule has 7 nitrogen and oxygen atoms in total. The van der Waals surface area contributed by atoms with Gasteiger partial charge < -0.3 is 24.8 Å². The zero-order valence-corrected chi connectivity index (χ0v) is 20.8. The third-order valence-corrected chi connectivity index (χ3v) is 5.09. The highest BCUT2D eigenvalue weighted by Gasteiger charge is 2.11.